The summed E-state index contributed by atoms with van der Waals surface area (Å²) in [7, 11) is 1.68. The van der Waals surface area contributed by atoms with E-state index in [1.54, 1.807) is 18.1 Å². The van der Waals surface area contributed by atoms with Crippen LogP contribution in [-0.2, 0) is 16.0 Å². The number of rotatable bonds is 5. The van der Waals surface area contributed by atoms with Gasteiger partial charge in [-0.15, -0.1) is 0 Å². The third-order valence-corrected chi connectivity index (χ3v) is 5.12. The van der Waals surface area contributed by atoms with Gasteiger partial charge in [-0.25, -0.2) is 9.18 Å². The van der Waals surface area contributed by atoms with Gasteiger partial charge in [-0.1, -0.05) is 12.1 Å². The Labute approximate surface area is 166 Å². The number of carbonyl (C=O) groups is 1. The number of carbonyl (C=O) groups excluding carboxylic acids is 1. The normalized spacial score (nSPS) is 17.9. The minimum Gasteiger partial charge on any atom is -0.444 e. The molecule has 1 amide bonds. The van der Waals surface area contributed by atoms with Gasteiger partial charge in [0.15, 0.2) is 0 Å². The van der Waals surface area contributed by atoms with E-state index in [1.807, 2.05) is 26.8 Å². The third-order valence-electron chi connectivity index (χ3n) is 5.12. The molecule has 1 aromatic heterocycles. The third kappa shape index (κ3) is 4.66. The Morgan fingerprint density at radius 2 is 2.11 bits per heavy atom. The summed E-state index contributed by atoms with van der Waals surface area (Å²) in [5, 5.41) is 0.904. The van der Waals surface area contributed by atoms with Gasteiger partial charge in [0.2, 0.25) is 0 Å². The van der Waals surface area contributed by atoms with Crippen LogP contribution in [0.25, 0.3) is 10.9 Å². The van der Waals surface area contributed by atoms with Crippen LogP contribution in [0.4, 0.5) is 9.18 Å². The van der Waals surface area contributed by atoms with Crippen LogP contribution in [0, 0.1) is 5.82 Å². The van der Waals surface area contributed by atoms with E-state index >= 15 is 0 Å². The van der Waals surface area contributed by atoms with Gasteiger partial charge in [0.05, 0.1) is 5.52 Å². The SMILES string of the molecule is COCCCn1c(C2CCCN(C(=O)OC(C)(C)C)C2)cc2cccc(F)c21. The first-order valence-corrected chi connectivity index (χ1v) is 10.0. The number of benzene rings is 1. The molecule has 0 spiro atoms. The lowest BCUT2D eigenvalue weighted by atomic mass is 9.94. The first-order valence-electron chi connectivity index (χ1n) is 10.0. The maximum Gasteiger partial charge on any atom is 0.410 e. The molecule has 154 valence electrons. The predicted molar refractivity (Wildman–Crippen MR) is 108 cm³/mol. The summed E-state index contributed by atoms with van der Waals surface area (Å²) in [6, 6.07) is 7.28. The number of halogens is 1. The Kier molecular flexibility index (Phi) is 6.28. The topological polar surface area (TPSA) is 43.7 Å². The van der Waals surface area contributed by atoms with Crippen LogP contribution in [-0.4, -0.2) is 48.0 Å². The minimum absolute atomic E-state index is 0.163. The molecule has 1 fully saturated rings. The largest absolute Gasteiger partial charge is 0.444 e. The van der Waals surface area contributed by atoms with Crippen molar-refractivity contribution in [1.29, 1.82) is 0 Å². The van der Waals surface area contributed by atoms with Crippen LogP contribution in [0.3, 0.4) is 0 Å². The molecule has 0 aliphatic carbocycles. The van der Waals surface area contributed by atoms with Crippen molar-refractivity contribution in [3.05, 3.63) is 35.8 Å². The van der Waals surface area contributed by atoms with Crippen molar-refractivity contribution in [2.24, 2.45) is 0 Å². The van der Waals surface area contributed by atoms with Crippen LogP contribution in [0.5, 0.6) is 0 Å². The number of para-hydroxylation sites is 1. The van der Waals surface area contributed by atoms with Crippen LogP contribution in [0.15, 0.2) is 24.3 Å². The molecule has 0 N–H and O–H groups in total. The molecule has 2 aromatic rings. The van der Waals surface area contributed by atoms with E-state index in [0.29, 0.717) is 31.8 Å². The second kappa shape index (κ2) is 8.52. The smallest absolute Gasteiger partial charge is 0.410 e. The van der Waals surface area contributed by atoms with Crippen molar-refractivity contribution < 1.29 is 18.7 Å². The zero-order valence-electron chi connectivity index (χ0n) is 17.3. The number of methoxy groups -OCH3 is 1. The highest BCUT2D eigenvalue weighted by molar-refractivity contribution is 5.82. The van der Waals surface area contributed by atoms with E-state index < -0.39 is 5.60 Å². The van der Waals surface area contributed by atoms with E-state index in [-0.39, 0.29) is 17.8 Å². The molecule has 2 heterocycles. The van der Waals surface area contributed by atoms with Crippen molar-refractivity contribution in [3.8, 4) is 0 Å². The van der Waals surface area contributed by atoms with E-state index in [1.165, 1.54) is 6.07 Å². The molecular formula is C22H31FN2O3. The Morgan fingerprint density at radius 1 is 1.32 bits per heavy atom. The van der Waals surface area contributed by atoms with E-state index in [4.69, 9.17) is 9.47 Å². The second-order valence-electron chi connectivity index (χ2n) is 8.51. The summed E-state index contributed by atoms with van der Waals surface area (Å²) in [6.07, 6.45) is 2.42. The number of likely N-dealkylation sites (tertiary alicyclic amines) is 1. The van der Waals surface area contributed by atoms with Crippen molar-refractivity contribution in [2.45, 2.75) is 58.1 Å². The summed E-state index contributed by atoms with van der Waals surface area (Å²) < 4.78 is 27.4. The summed E-state index contributed by atoms with van der Waals surface area (Å²) >= 11 is 0. The lowest BCUT2D eigenvalue weighted by molar-refractivity contribution is 0.0196. The fourth-order valence-corrected chi connectivity index (χ4v) is 3.96. The lowest BCUT2D eigenvalue weighted by Crippen LogP contribution is -2.42. The molecule has 1 atom stereocenters. The molecule has 5 nitrogen and oxygen atoms in total. The highest BCUT2D eigenvalue weighted by Gasteiger charge is 2.30. The fraction of sp³-hybridized carbons (Fsp3) is 0.591. The van der Waals surface area contributed by atoms with Crippen LogP contribution in [0.2, 0.25) is 0 Å². The number of piperidine rings is 1. The number of hydrogen-bond acceptors (Lipinski definition) is 3. The van der Waals surface area contributed by atoms with E-state index in [0.717, 1.165) is 30.3 Å². The zero-order chi connectivity index (χ0) is 20.3. The van der Waals surface area contributed by atoms with Gasteiger partial charge >= 0.3 is 6.09 Å². The van der Waals surface area contributed by atoms with Crippen LogP contribution in [0.1, 0.15) is 51.6 Å². The van der Waals surface area contributed by atoms with Gasteiger partial charge < -0.3 is 18.9 Å². The van der Waals surface area contributed by atoms with Gasteiger partial charge in [-0.2, -0.15) is 0 Å². The quantitative estimate of drug-likeness (QED) is 0.680. The molecule has 6 heteroatoms. The Morgan fingerprint density at radius 3 is 2.82 bits per heavy atom. The first-order chi connectivity index (χ1) is 13.3. The monoisotopic (exact) mass is 390 g/mol. The molecule has 3 rings (SSSR count). The number of fused-ring (bicyclic) bond motifs is 1. The highest BCUT2D eigenvalue weighted by atomic mass is 19.1. The number of ether oxygens (including phenoxy) is 2. The number of aromatic nitrogens is 1. The molecule has 0 bridgehead atoms. The zero-order valence-corrected chi connectivity index (χ0v) is 17.3. The standard InChI is InChI=1S/C22H31FN2O3/c1-22(2,3)28-21(26)24-11-6-9-17(15-24)19-14-16-8-5-10-18(23)20(16)25(19)12-7-13-27-4/h5,8,10,14,17H,6-7,9,11-13,15H2,1-4H3. The number of hydrogen-bond donors (Lipinski definition) is 0. The van der Waals surface area contributed by atoms with Crippen LogP contribution < -0.4 is 0 Å². The first kappa shape index (κ1) is 20.6. The fourth-order valence-electron chi connectivity index (χ4n) is 3.96. The number of amides is 1. The summed E-state index contributed by atoms with van der Waals surface area (Å²) in [5.74, 6) is -0.0448. The summed E-state index contributed by atoms with van der Waals surface area (Å²) in [4.78, 5) is 14.3. The average molecular weight is 390 g/mol. The molecule has 28 heavy (non-hydrogen) atoms. The van der Waals surface area contributed by atoms with Crippen molar-refractivity contribution in [3.63, 3.8) is 0 Å². The van der Waals surface area contributed by atoms with Crippen molar-refractivity contribution >= 4 is 17.0 Å². The lowest BCUT2D eigenvalue weighted by Gasteiger charge is -2.34. The van der Waals surface area contributed by atoms with Crippen molar-refractivity contribution in [1.82, 2.24) is 9.47 Å². The Hall–Kier alpha value is -2.08. The molecular weight excluding hydrogens is 359 g/mol. The van der Waals surface area contributed by atoms with Crippen LogP contribution >= 0.6 is 0 Å². The minimum atomic E-state index is -0.512. The van der Waals surface area contributed by atoms with Gasteiger partial charge in [0.1, 0.15) is 11.4 Å². The maximum absolute atomic E-state index is 14.6. The van der Waals surface area contributed by atoms with Gasteiger partial charge in [0, 0.05) is 50.3 Å². The maximum atomic E-state index is 14.6. The molecule has 1 saturated heterocycles. The van der Waals surface area contributed by atoms with E-state index in [2.05, 4.69) is 10.6 Å². The molecule has 1 aromatic carbocycles. The number of aryl methyl sites for hydroxylation is 1. The molecule has 1 aliphatic rings. The predicted octanol–water partition coefficient (Wildman–Crippen LogP) is 4.93. The second-order valence-corrected chi connectivity index (χ2v) is 8.51. The molecule has 1 aliphatic heterocycles. The highest BCUT2D eigenvalue weighted by Crippen LogP contribution is 2.33. The molecule has 0 radical (unpaired) electrons. The average Bonchev–Trinajstić information content (AvgIpc) is 3.01. The summed E-state index contributed by atoms with van der Waals surface area (Å²) in [6.45, 7) is 8.24. The van der Waals surface area contributed by atoms with Gasteiger partial charge in [-0.3, -0.25) is 0 Å². The molecule has 0 saturated carbocycles. The molecule has 1 unspecified atom stereocenters. The van der Waals surface area contributed by atoms with Gasteiger partial charge in [0.25, 0.3) is 0 Å². The van der Waals surface area contributed by atoms with Crippen molar-refractivity contribution in [2.75, 3.05) is 26.8 Å². The van der Waals surface area contributed by atoms with E-state index in [9.17, 15) is 9.18 Å². The summed E-state index contributed by atoms with van der Waals surface area (Å²) in [5.41, 5.74) is 1.22. The number of nitrogens with zero attached hydrogens (tertiary/aromatic N) is 2. The Bertz CT molecular complexity index is 825. The Balaban J connectivity index is 1.88. The van der Waals surface area contributed by atoms with Gasteiger partial charge in [-0.05, 0) is 52.2 Å².